The van der Waals surface area contributed by atoms with Gasteiger partial charge in [-0.2, -0.15) is 13.2 Å². The highest BCUT2D eigenvalue weighted by molar-refractivity contribution is 5.95. The quantitative estimate of drug-likeness (QED) is 0.851. The third-order valence-corrected chi connectivity index (χ3v) is 3.64. The first-order valence-electron chi connectivity index (χ1n) is 6.80. The number of hydrogen-bond donors (Lipinski definition) is 1. The molecule has 1 aliphatic heterocycles. The van der Waals surface area contributed by atoms with E-state index < -0.39 is 17.6 Å². The van der Waals surface area contributed by atoms with Crippen LogP contribution in [0, 0.1) is 0 Å². The van der Waals surface area contributed by atoms with Gasteiger partial charge in [0.1, 0.15) is 0 Å². The van der Waals surface area contributed by atoms with E-state index >= 15 is 0 Å². The molecule has 0 radical (unpaired) electrons. The molecule has 4 nitrogen and oxygen atoms in total. The second kappa shape index (κ2) is 5.93. The molecule has 1 aromatic carbocycles. The first-order chi connectivity index (χ1) is 9.81. The summed E-state index contributed by atoms with van der Waals surface area (Å²) in [7, 11) is 0. The number of anilines is 1. The molecule has 1 saturated heterocycles. The molecule has 0 aromatic heterocycles. The molecule has 2 rings (SSSR count). The first-order valence-corrected chi connectivity index (χ1v) is 6.80. The first kappa shape index (κ1) is 15.6. The normalized spacial score (nSPS) is 17.0. The molecule has 116 valence electrons. The molecule has 7 heteroatoms. The minimum Gasteiger partial charge on any atom is -0.399 e. The van der Waals surface area contributed by atoms with Crippen molar-refractivity contribution < 1.29 is 18.0 Å². The Morgan fingerprint density at radius 1 is 1.19 bits per heavy atom. The lowest BCUT2D eigenvalue weighted by Crippen LogP contribution is -2.48. The molecule has 2 N–H and O–H groups in total. The van der Waals surface area contributed by atoms with Crippen LogP contribution in [-0.2, 0) is 6.18 Å². The second-order valence-electron chi connectivity index (χ2n) is 5.07. The fourth-order valence-electron chi connectivity index (χ4n) is 2.39. The van der Waals surface area contributed by atoms with Gasteiger partial charge in [0, 0.05) is 37.4 Å². The van der Waals surface area contributed by atoms with Crippen LogP contribution in [0.1, 0.15) is 22.8 Å². The fourth-order valence-corrected chi connectivity index (χ4v) is 2.39. The molecule has 21 heavy (non-hydrogen) atoms. The third kappa shape index (κ3) is 3.66. The number of likely N-dealkylation sites (N-methyl/N-ethyl adjacent to an activating group) is 1. The number of carbonyl (C=O) groups is 1. The number of amides is 1. The molecule has 0 aliphatic carbocycles. The van der Waals surface area contributed by atoms with Crippen LogP contribution in [0.4, 0.5) is 18.9 Å². The van der Waals surface area contributed by atoms with Crippen molar-refractivity contribution >= 4 is 11.6 Å². The minimum atomic E-state index is -4.51. The molecule has 0 saturated carbocycles. The number of nitrogens with zero attached hydrogens (tertiary/aromatic N) is 2. The maximum Gasteiger partial charge on any atom is 0.416 e. The lowest BCUT2D eigenvalue weighted by Gasteiger charge is -2.34. The Morgan fingerprint density at radius 2 is 1.81 bits per heavy atom. The van der Waals surface area contributed by atoms with Crippen LogP contribution in [0.5, 0.6) is 0 Å². The number of hydrogen-bond acceptors (Lipinski definition) is 3. The Balaban J connectivity index is 2.18. The highest BCUT2D eigenvalue weighted by atomic mass is 19.4. The van der Waals surface area contributed by atoms with E-state index in [1.54, 1.807) is 4.90 Å². The van der Waals surface area contributed by atoms with Crippen molar-refractivity contribution in [3.8, 4) is 0 Å². The van der Waals surface area contributed by atoms with E-state index in [2.05, 4.69) is 4.90 Å². The van der Waals surface area contributed by atoms with E-state index in [1.807, 2.05) is 6.92 Å². The largest absolute Gasteiger partial charge is 0.416 e. The number of halogens is 3. The van der Waals surface area contributed by atoms with Gasteiger partial charge in [0.05, 0.1) is 5.56 Å². The number of piperazine rings is 1. The molecule has 1 fully saturated rings. The zero-order valence-electron chi connectivity index (χ0n) is 11.8. The summed E-state index contributed by atoms with van der Waals surface area (Å²) >= 11 is 0. The van der Waals surface area contributed by atoms with Crippen molar-refractivity contribution in [2.75, 3.05) is 38.5 Å². The van der Waals surface area contributed by atoms with Gasteiger partial charge in [-0.25, -0.2) is 0 Å². The summed E-state index contributed by atoms with van der Waals surface area (Å²) in [5, 5.41) is 0. The van der Waals surface area contributed by atoms with Crippen molar-refractivity contribution in [3.05, 3.63) is 29.3 Å². The second-order valence-corrected chi connectivity index (χ2v) is 5.07. The maximum atomic E-state index is 12.8. The van der Waals surface area contributed by atoms with Gasteiger partial charge in [0.15, 0.2) is 0 Å². The smallest absolute Gasteiger partial charge is 0.399 e. The molecular weight excluding hydrogens is 283 g/mol. The summed E-state index contributed by atoms with van der Waals surface area (Å²) in [6.07, 6.45) is -4.51. The topological polar surface area (TPSA) is 49.6 Å². The lowest BCUT2D eigenvalue weighted by atomic mass is 10.1. The zero-order chi connectivity index (χ0) is 15.6. The highest BCUT2D eigenvalue weighted by Crippen LogP contribution is 2.31. The highest BCUT2D eigenvalue weighted by Gasteiger charge is 2.32. The molecule has 1 aliphatic rings. The monoisotopic (exact) mass is 301 g/mol. The van der Waals surface area contributed by atoms with Crippen LogP contribution >= 0.6 is 0 Å². The van der Waals surface area contributed by atoms with Crippen LogP contribution < -0.4 is 5.73 Å². The Hall–Kier alpha value is -1.76. The summed E-state index contributed by atoms with van der Waals surface area (Å²) in [6, 6.07) is 3.00. The van der Waals surface area contributed by atoms with Crippen LogP contribution in [0.3, 0.4) is 0 Å². The van der Waals surface area contributed by atoms with Crippen LogP contribution in [-0.4, -0.2) is 48.4 Å². The summed E-state index contributed by atoms with van der Waals surface area (Å²) in [5.41, 5.74) is 4.53. The molecule has 1 amide bonds. The van der Waals surface area contributed by atoms with E-state index in [9.17, 15) is 18.0 Å². The average molecular weight is 301 g/mol. The molecular formula is C14H18F3N3O. The van der Waals surface area contributed by atoms with Crippen molar-refractivity contribution in [2.24, 2.45) is 0 Å². The van der Waals surface area contributed by atoms with Crippen molar-refractivity contribution in [3.63, 3.8) is 0 Å². The zero-order valence-corrected chi connectivity index (χ0v) is 11.8. The van der Waals surface area contributed by atoms with Gasteiger partial charge in [-0.1, -0.05) is 6.92 Å². The van der Waals surface area contributed by atoms with E-state index in [0.29, 0.717) is 13.1 Å². The standard InChI is InChI=1S/C14H18F3N3O/c1-2-19-3-5-20(6-4-19)13(21)10-7-11(14(15,16)17)9-12(18)8-10/h7-9H,2-6,18H2,1H3. The Morgan fingerprint density at radius 3 is 2.33 bits per heavy atom. The van der Waals surface area contributed by atoms with Gasteiger partial charge >= 0.3 is 6.18 Å². The number of nitrogen functional groups attached to an aromatic ring is 1. The Kier molecular flexibility index (Phi) is 4.41. The minimum absolute atomic E-state index is 0.00715. The molecule has 0 unspecified atom stereocenters. The van der Waals surface area contributed by atoms with Crippen LogP contribution in [0.2, 0.25) is 0 Å². The van der Waals surface area contributed by atoms with Crippen LogP contribution in [0.15, 0.2) is 18.2 Å². The van der Waals surface area contributed by atoms with Gasteiger partial charge in [0.2, 0.25) is 0 Å². The SMILES string of the molecule is CCN1CCN(C(=O)c2cc(N)cc(C(F)(F)F)c2)CC1. The van der Waals surface area contributed by atoms with Gasteiger partial charge < -0.3 is 15.5 Å². The number of rotatable bonds is 2. The van der Waals surface area contributed by atoms with E-state index in [4.69, 9.17) is 5.73 Å². The molecule has 0 atom stereocenters. The predicted molar refractivity (Wildman–Crippen MR) is 73.9 cm³/mol. The lowest BCUT2D eigenvalue weighted by molar-refractivity contribution is -0.137. The van der Waals surface area contributed by atoms with E-state index in [0.717, 1.165) is 31.8 Å². The predicted octanol–water partition coefficient (Wildman–Crippen LogP) is 2.07. The van der Waals surface area contributed by atoms with Crippen molar-refractivity contribution in [1.82, 2.24) is 9.80 Å². The van der Waals surface area contributed by atoms with Gasteiger partial charge in [0.25, 0.3) is 5.91 Å². The molecule has 0 bridgehead atoms. The average Bonchev–Trinajstić information content (AvgIpc) is 2.45. The molecule has 1 heterocycles. The number of carbonyl (C=O) groups excluding carboxylic acids is 1. The summed E-state index contributed by atoms with van der Waals surface area (Å²) in [5.74, 6) is -0.399. The fraction of sp³-hybridized carbons (Fsp3) is 0.500. The van der Waals surface area contributed by atoms with Crippen molar-refractivity contribution in [1.29, 1.82) is 0 Å². The van der Waals surface area contributed by atoms with Crippen molar-refractivity contribution in [2.45, 2.75) is 13.1 Å². The maximum absolute atomic E-state index is 12.8. The van der Waals surface area contributed by atoms with E-state index in [-0.39, 0.29) is 11.3 Å². The van der Waals surface area contributed by atoms with Gasteiger partial charge in [-0.15, -0.1) is 0 Å². The van der Waals surface area contributed by atoms with Gasteiger partial charge in [-0.3, -0.25) is 4.79 Å². The number of alkyl halides is 3. The number of benzene rings is 1. The molecule has 1 aromatic rings. The Bertz CT molecular complexity index is 523. The number of nitrogens with two attached hydrogens (primary N) is 1. The van der Waals surface area contributed by atoms with Crippen LogP contribution in [0.25, 0.3) is 0 Å². The summed E-state index contributed by atoms with van der Waals surface area (Å²) in [6.45, 7) is 5.43. The Labute approximate surface area is 121 Å². The summed E-state index contributed by atoms with van der Waals surface area (Å²) in [4.78, 5) is 16.1. The third-order valence-electron chi connectivity index (χ3n) is 3.64. The molecule has 0 spiro atoms. The van der Waals surface area contributed by atoms with E-state index in [1.165, 1.54) is 6.07 Å². The van der Waals surface area contributed by atoms with Gasteiger partial charge in [-0.05, 0) is 24.7 Å². The summed E-state index contributed by atoms with van der Waals surface area (Å²) < 4.78 is 38.3.